The van der Waals surface area contributed by atoms with Gasteiger partial charge >= 0.3 is 0 Å². The second kappa shape index (κ2) is 7.29. The van der Waals surface area contributed by atoms with Gasteiger partial charge in [0.1, 0.15) is 5.75 Å². The largest absolute Gasteiger partial charge is 0.493 e. The number of rotatable bonds is 8. The van der Waals surface area contributed by atoms with Crippen LogP contribution in [0.15, 0.2) is 24.3 Å². The molecule has 1 aromatic carbocycles. The van der Waals surface area contributed by atoms with Gasteiger partial charge in [-0.1, -0.05) is 26.0 Å². The molecule has 1 fully saturated rings. The highest BCUT2D eigenvalue weighted by Crippen LogP contribution is 2.18. The van der Waals surface area contributed by atoms with Crippen LogP contribution in [0, 0.1) is 0 Å². The Balaban J connectivity index is 1.66. The van der Waals surface area contributed by atoms with Crippen molar-refractivity contribution in [3.8, 4) is 5.75 Å². The minimum atomic E-state index is 0.0882. The van der Waals surface area contributed by atoms with E-state index in [1.54, 1.807) is 0 Å². The van der Waals surface area contributed by atoms with Gasteiger partial charge in [-0.05, 0) is 30.5 Å². The second-order valence-electron chi connectivity index (χ2n) is 5.62. The topological polar surface area (TPSA) is 50.4 Å². The Morgan fingerprint density at radius 3 is 2.60 bits per heavy atom. The lowest BCUT2D eigenvalue weighted by Gasteiger charge is -2.10. The first-order chi connectivity index (χ1) is 9.63. The Morgan fingerprint density at radius 2 is 2.00 bits per heavy atom. The number of amides is 1. The zero-order chi connectivity index (χ0) is 14.4. The molecule has 110 valence electrons. The summed E-state index contributed by atoms with van der Waals surface area (Å²) in [6.07, 6.45) is 2.67. The molecule has 0 radical (unpaired) electrons. The average Bonchev–Trinajstić information content (AvgIpc) is 3.21. The number of ether oxygens (including phenoxy) is 1. The van der Waals surface area contributed by atoms with Gasteiger partial charge in [-0.2, -0.15) is 0 Å². The van der Waals surface area contributed by atoms with Crippen LogP contribution in [-0.4, -0.2) is 24.6 Å². The average molecular weight is 276 g/mol. The van der Waals surface area contributed by atoms with Crippen molar-refractivity contribution in [3.63, 3.8) is 0 Å². The van der Waals surface area contributed by atoms with Gasteiger partial charge in [0.2, 0.25) is 5.91 Å². The fraction of sp³-hybridized carbons (Fsp3) is 0.562. The lowest BCUT2D eigenvalue weighted by molar-refractivity contribution is -0.121. The van der Waals surface area contributed by atoms with Crippen LogP contribution in [0.4, 0.5) is 0 Å². The molecule has 0 atom stereocenters. The van der Waals surface area contributed by atoms with E-state index in [1.165, 1.54) is 5.56 Å². The zero-order valence-corrected chi connectivity index (χ0v) is 12.3. The van der Waals surface area contributed by atoms with E-state index in [0.717, 1.165) is 25.1 Å². The van der Waals surface area contributed by atoms with Gasteiger partial charge in [0.25, 0.3) is 0 Å². The predicted octanol–water partition coefficient (Wildman–Crippen LogP) is 2.23. The molecule has 0 aromatic heterocycles. The van der Waals surface area contributed by atoms with E-state index in [9.17, 15) is 4.79 Å². The zero-order valence-electron chi connectivity index (χ0n) is 12.3. The quantitative estimate of drug-likeness (QED) is 0.765. The summed E-state index contributed by atoms with van der Waals surface area (Å²) in [6.45, 7) is 5.55. The first-order valence-electron chi connectivity index (χ1n) is 7.38. The summed E-state index contributed by atoms with van der Waals surface area (Å²) in [4.78, 5) is 11.5. The van der Waals surface area contributed by atoms with Crippen LogP contribution < -0.4 is 15.4 Å². The molecule has 1 aliphatic carbocycles. The predicted molar refractivity (Wildman–Crippen MR) is 79.7 cm³/mol. The Bertz CT molecular complexity index is 425. The molecule has 4 nitrogen and oxygen atoms in total. The maximum atomic E-state index is 11.5. The lowest BCUT2D eigenvalue weighted by Crippen LogP contribution is -2.26. The number of carbonyl (C=O) groups is 1. The van der Waals surface area contributed by atoms with Crippen LogP contribution in [0.3, 0.4) is 0 Å². The summed E-state index contributed by atoms with van der Waals surface area (Å²) in [7, 11) is 0. The third-order valence-corrected chi connectivity index (χ3v) is 3.18. The van der Waals surface area contributed by atoms with Crippen LogP contribution >= 0.6 is 0 Å². The molecule has 1 aromatic rings. The summed E-state index contributed by atoms with van der Waals surface area (Å²) in [5, 5.41) is 6.32. The summed E-state index contributed by atoms with van der Waals surface area (Å²) >= 11 is 0. The molecular formula is C16H24N2O2. The molecule has 1 saturated carbocycles. The van der Waals surface area contributed by atoms with E-state index in [0.29, 0.717) is 25.1 Å². The highest BCUT2D eigenvalue weighted by atomic mass is 16.5. The fourth-order valence-corrected chi connectivity index (χ4v) is 1.81. The van der Waals surface area contributed by atoms with Crippen molar-refractivity contribution < 1.29 is 9.53 Å². The Morgan fingerprint density at radius 1 is 1.30 bits per heavy atom. The summed E-state index contributed by atoms with van der Waals surface area (Å²) in [6, 6.07) is 8.92. The van der Waals surface area contributed by atoms with E-state index in [-0.39, 0.29) is 5.91 Å². The number of hydrogen-bond acceptors (Lipinski definition) is 3. The molecule has 0 aliphatic heterocycles. The maximum absolute atomic E-state index is 11.5. The minimum absolute atomic E-state index is 0.0882. The third kappa shape index (κ3) is 5.61. The third-order valence-electron chi connectivity index (χ3n) is 3.18. The van der Waals surface area contributed by atoms with Crippen molar-refractivity contribution in [1.82, 2.24) is 10.6 Å². The Labute approximate surface area is 120 Å². The van der Waals surface area contributed by atoms with Crippen molar-refractivity contribution in [3.05, 3.63) is 29.8 Å². The van der Waals surface area contributed by atoms with Gasteiger partial charge in [0.05, 0.1) is 13.0 Å². The van der Waals surface area contributed by atoms with Crippen molar-refractivity contribution in [1.29, 1.82) is 0 Å². The molecule has 0 heterocycles. The molecule has 1 amide bonds. The fourth-order valence-electron chi connectivity index (χ4n) is 1.81. The Hall–Kier alpha value is -1.55. The van der Waals surface area contributed by atoms with Gasteiger partial charge in [-0.3, -0.25) is 4.79 Å². The summed E-state index contributed by atoms with van der Waals surface area (Å²) in [5.74, 6) is 0.905. The molecule has 20 heavy (non-hydrogen) atoms. The Kier molecular flexibility index (Phi) is 5.41. The number of carbonyl (C=O) groups excluding carboxylic acids is 1. The molecule has 2 N–H and O–H groups in total. The highest BCUT2D eigenvalue weighted by Gasteiger charge is 2.22. The van der Waals surface area contributed by atoms with Gasteiger partial charge in [0, 0.05) is 18.6 Å². The van der Waals surface area contributed by atoms with Gasteiger partial charge < -0.3 is 15.4 Å². The molecule has 0 saturated heterocycles. The smallest absolute Gasteiger partial charge is 0.223 e. The van der Waals surface area contributed by atoms with Gasteiger partial charge in [-0.15, -0.1) is 0 Å². The van der Waals surface area contributed by atoms with Crippen molar-refractivity contribution in [2.75, 3.05) is 6.61 Å². The molecule has 0 unspecified atom stereocenters. The first-order valence-corrected chi connectivity index (χ1v) is 7.38. The first kappa shape index (κ1) is 14.9. The molecule has 4 heteroatoms. The second-order valence-corrected chi connectivity index (χ2v) is 5.62. The van der Waals surface area contributed by atoms with Crippen LogP contribution in [0.1, 0.15) is 38.7 Å². The lowest BCUT2D eigenvalue weighted by atomic mass is 10.2. The number of nitrogens with one attached hydrogen (secondary N) is 2. The van der Waals surface area contributed by atoms with Crippen LogP contribution in [0.5, 0.6) is 5.75 Å². The van der Waals surface area contributed by atoms with Crippen LogP contribution in [-0.2, 0) is 11.3 Å². The van der Waals surface area contributed by atoms with E-state index in [2.05, 4.69) is 36.6 Å². The monoisotopic (exact) mass is 276 g/mol. The van der Waals surface area contributed by atoms with E-state index >= 15 is 0 Å². The summed E-state index contributed by atoms with van der Waals surface area (Å²) < 4.78 is 5.58. The number of benzene rings is 1. The standard InChI is InChI=1S/C16H24N2O2/c1-12(2)17-11-13-3-7-15(8-4-13)20-10-9-16(19)18-14-5-6-14/h3-4,7-8,12,14,17H,5-6,9-11H2,1-2H3,(H,18,19). The van der Waals surface area contributed by atoms with Crippen molar-refractivity contribution in [2.45, 2.75) is 51.7 Å². The normalized spacial score (nSPS) is 14.3. The number of hydrogen-bond donors (Lipinski definition) is 2. The van der Waals surface area contributed by atoms with E-state index < -0.39 is 0 Å². The maximum Gasteiger partial charge on any atom is 0.223 e. The molecule has 0 spiro atoms. The minimum Gasteiger partial charge on any atom is -0.493 e. The van der Waals surface area contributed by atoms with Crippen molar-refractivity contribution >= 4 is 5.91 Å². The molecule has 1 aliphatic rings. The molecular weight excluding hydrogens is 252 g/mol. The highest BCUT2D eigenvalue weighted by molar-refractivity contribution is 5.76. The van der Waals surface area contributed by atoms with E-state index in [4.69, 9.17) is 4.74 Å². The van der Waals surface area contributed by atoms with Crippen LogP contribution in [0.2, 0.25) is 0 Å². The van der Waals surface area contributed by atoms with E-state index in [1.807, 2.05) is 12.1 Å². The SMILES string of the molecule is CC(C)NCc1ccc(OCCC(=O)NC2CC2)cc1. The molecule has 2 rings (SSSR count). The van der Waals surface area contributed by atoms with Gasteiger partial charge in [-0.25, -0.2) is 0 Å². The van der Waals surface area contributed by atoms with Crippen molar-refractivity contribution in [2.24, 2.45) is 0 Å². The summed E-state index contributed by atoms with van der Waals surface area (Å²) in [5.41, 5.74) is 1.23. The van der Waals surface area contributed by atoms with Gasteiger partial charge in [0.15, 0.2) is 0 Å². The van der Waals surface area contributed by atoms with Crippen LogP contribution in [0.25, 0.3) is 0 Å². The molecule has 0 bridgehead atoms.